The van der Waals surface area contributed by atoms with E-state index in [1.165, 1.54) is 6.07 Å². The van der Waals surface area contributed by atoms with Crippen molar-refractivity contribution in [3.63, 3.8) is 0 Å². The van der Waals surface area contributed by atoms with E-state index in [0.717, 1.165) is 5.69 Å². The van der Waals surface area contributed by atoms with Crippen LogP contribution in [-0.4, -0.2) is 13.6 Å². The smallest absolute Gasteiger partial charge is 0.238 e. The van der Waals surface area contributed by atoms with Crippen molar-refractivity contribution in [1.82, 2.24) is 5.16 Å². The maximum Gasteiger partial charge on any atom is 0.238 e. The molecule has 108 valence electrons. The van der Waals surface area contributed by atoms with E-state index in [4.69, 9.17) is 15.4 Å². The van der Waals surface area contributed by atoms with Crippen molar-refractivity contribution in [3.05, 3.63) is 35.2 Å². The Morgan fingerprint density at radius 1 is 1.30 bits per heavy atom. The zero-order chi connectivity index (χ0) is 14.9. The van der Waals surface area contributed by atoms with Crippen LogP contribution in [0.3, 0.4) is 0 Å². The topological polar surface area (TPSA) is 124 Å². The number of benzene rings is 1. The molecule has 7 nitrogen and oxygen atoms in total. The Hall–Kier alpha value is -2.06. The molecule has 2 aromatic rings. The summed E-state index contributed by atoms with van der Waals surface area (Å²) < 4.78 is 28.1. The van der Waals surface area contributed by atoms with Crippen LogP contribution in [0, 0.1) is 13.8 Å². The summed E-state index contributed by atoms with van der Waals surface area (Å²) in [5, 5.41) is 12.0. The quantitative estimate of drug-likeness (QED) is 0.726. The number of sulfonamides is 1. The molecular weight excluding hydrogens is 280 g/mol. The van der Waals surface area contributed by atoms with Crippen LogP contribution in [0.25, 0.3) is 0 Å². The summed E-state index contributed by atoms with van der Waals surface area (Å²) in [7, 11) is -3.81. The van der Waals surface area contributed by atoms with Gasteiger partial charge in [0.2, 0.25) is 10.0 Å². The zero-order valence-electron chi connectivity index (χ0n) is 11.2. The van der Waals surface area contributed by atoms with Crippen molar-refractivity contribution >= 4 is 21.4 Å². The summed E-state index contributed by atoms with van der Waals surface area (Å²) in [6.45, 7) is 3.85. The van der Waals surface area contributed by atoms with Crippen LogP contribution in [0.5, 0.6) is 0 Å². The summed E-state index contributed by atoms with van der Waals surface area (Å²) in [6, 6.07) is 4.77. The molecule has 20 heavy (non-hydrogen) atoms. The van der Waals surface area contributed by atoms with E-state index < -0.39 is 10.0 Å². The molecular formula is C12H16N4O3S. The first kappa shape index (κ1) is 14.4. The number of hydrogen-bond acceptors (Lipinski definition) is 6. The molecule has 2 rings (SSSR count). The Morgan fingerprint density at radius 3 is 2.55 bits per heavy atom. The molecule has 0 bridgehead atoms. The SMILES string of the molecule is Cc1cc(CNc2cc(N)cc(S(N)(=O)=O)c2C)on1. The average molecular weight is 296 g/mol. The van der Waals surface area contributed by atoms with Gasteiger partial charge in [0.1, 0.15) is 0 Å². The third-order valence-electron chi connectivity index (χ3n) is 2.82. The normalized spacial score (nSPS) is 11.6. The predicted octanol–water partition coefficient (Wildman–Crippen LogP) is 1.13. The van der Waals surface area contributed by atoms with Crippen molar-refractivity contribution in [1.29, 1.82) is 0 Å². The van der Waals surface area contributed by atoms with Crippen LogP contribution >= 0.6 is 0 Å². The molecule has 0 radical (unpaired) electrons. The Kier molecular flexibility index (Phi) is 3.69. The van der Waals surface area contributed by atoms with Gasteiger partial charge >= 0.3 is 0 Å². The molecule has 0 unspecified atom stereocenters. The molecule has 0 aliphatic heterocycles. The monoisotopic (exact) mass is 296 g/mol. The van der Waals surface area contributed by atoms with Gasteiger partial charge in [-0.05, 0) is 31.5 Å². The molecule has 0 fully saturated rings. The second-order valence-electron chi connectivity index (χ2n) is 4.52. The summed E-state index contributed by atoms with van der Waals surface area (Å²) in [5.74, 6) is 0.640. The van der Waals surface area contributed by atoms with Crippen LogP contribution in [0.1, 0.15) is 17.0 Å². The fourth-order valence-corrected chi connectivity index (χ4v) is 2.71. The summed E-state index contributed by atoms with van der Waals surface area (Å²) in [5.41, 5.74) is 7.89. The third-order valence-corrected chi connectivity index (χ3v) is 3.86. The molecule has 1 aromatic heterocycles. The molecule has 5 N–H and O–H groups in total. The first-order valence-electron chi connectivity index (χ1n) is 5.86. The minimum atomic E-state index is -3.81. The molecule has 0 atom stereocenters. The van der Waals surface area contributed by atoms with Crippen molar-refractivity contribution in [2.45, 2.75) is 25.3 Å². The van der Waals surface area contributed by atoms with E-state index in [-0.39, 0.29) is 4.90 Å². The van der Waals surface area contributed by atoms with E-state index in [1.54, 1.807) is 19.1 Å². The van der Waals surface area contributed by atoms with Gasteiger partial charge in [-0.25, -0.2) is 13.6 Å². The highest BCUT2D eigenvalue weighted by Gasteiger charge is 2.15. The second kappa shape index (κ2) is 5.14. The van der Waals surface area contributed by atoms with Crippen molar-refractivity contribution < 1.29 is 12.9 Å². The molecule has 0 aliphatic rings. The summed E-state index contributed by atoms with van der Waals surface area (Å²) in [4.78, 5) is 0.00810. The number of nitrogen functional groups attached to an aromatic ring is 1. The van der Waals surface area contributed by atoms with Gasteiger partial charge < -0.3 is 15.6 Å². The number of aromatic nitrogens is 1. The molecule has 0 aliphatic carbocycles. The average Bonchev–Trinajstić information content (AvgIpc) is 2.74. The van der Waals surface area contributed by atoms with E-state index >= 15 is 0 Å². The molecule has 0 saturated heterocycles. The summed E-state index contributed by atoms with van der Waals surface area (Å²) >= 11 is 0. The maximum absolute atomic E-state index is 11.5. The van der Waals surface area contributed by atoms with Crippen LogP contribution < -0.4 is 16.2 Å². The van der Waals surface area contributed by atoms with Crippen molar-refractivity contribution in [2.75, 3.05) is 11.1 Å². The molecule has 8 heteroatoms. The number of nitrogens with zero attached hydrogens (tertiary/aromatic N) is 1. The van der Waals surface area contributed by atoms with E-state index in [0.29, 0.717) is 29.2 Å². The van der Waals surface area contributed by atoms with Crippen LogP contribution in [0.15, 0.2) is 27.6 Å². The highest BCUT2D eigenvalue weighted by molar-refractivity contribution is 7.89. The van der Waals surface area contributed by atoms with Crippen LogP contribution in [0.2, 0.25) is 0 Å². The lowest BCUT2D eigenvalue weighted by Gasteiger charge is -2.12. The number of rotatable bonds is 4. The first-order valence-corrected chi connectivity index (χ1v) is 7.41. The Morgan fingerprint density at radius 2 is 2.00 bits per heavy atom. The van der Waals surface area contributed by atoms with Crippen LogP contribution in [0.4, 0.5) is 11.4 Å². The molecule has 1 heterocycles. The van der Waals surface area contributed by atoms with Gasteiger partial charge in [-0.3, -0.25) is 0 Å². The van der Waals surface area contributed by atoms with Crippen molar-refractivity contribution in [2.24, 2.45) is 5.14 Å². The van der Waals surface area contributed by atoms with Crippen molar-refractivity contribution in [3.8, 4) is 0 Å². The number of hydrogen-bond donors (Lipinski definition) is 3. The fraction of sp³-hybridized carbons (Fsp3) is 0.250. The minimum absolute atomic E-state index is 0.00810. The largest absolute Gasteiger partial charge is 0.399 e. The number of nitrogens with two attached hydrogens (primary N) is 2. The standard InChI is InChI=1S/C12H16N4O3S/c1-7-3-10(19-16-7)6-15-11-4-9(13)5-12(8(11)2)20(14,17)18/h3-5,15H,6,13H2,1-2H3,(H2,14,17,18). The minimum Gasteiger partial charge on any atom is -0.399 e. The van der Waals surface area contributed by atoms with Gasteiger partial charge in [-0.2, -0.15) is 0 Å². The number of primary sulfonamides is 1. The van der Waals surface area contributed by atoms with Gasteiger partial charge in [0.05, 0.1) is 17.1 Å². The van der Waals surface area contributed by atoms with E-state index in [2.05, 4.69) is 10.5 Å². The first-order chi connectivity index (χ1) is 9.27. The third kappa shape index (κ3) is 3.09. The number of nitrogens with one attached hydrogen (secondary N) is 1. The fourth-order valence-electron chi connectivity index (χ4n) is 1.87. The van der Waals surface area contributed by atoms with Gasteiger partial charge in [0, 0.05) is 17.4 Å². The highest BCUT2D eigenvalue weighted by Crippen LogP contribution is 2.26. The van der Waals surface area contributed by atoms with E-state index in [1.807, 2.05) is 6.92 Å². The van der Waals surface area contributed by atoms with E-state index in [9.17, 15) is 8.42 Å². The van der Waals surface area contributed by atoms with Gasteiger partial charge in [-0.1, -0.05) is 5.16 Å². The Bertz CT molecular complexity index is 737. The Labute approximate surface area is 117 Å². The number of anilines is 2. The molecule has 0 spiro atoms. The van der Waals surface area contributed by atoms with Crippen LogP contribution in [-0.2, 0) is 16.6 Å². The van der Waals surface area contributed by atoms with Gasteiger partial charge in [0.15, 0.2) is 5.76 Å². The predicted molar refractivity (Wildman–Crippen MR) is 75.5 cm³/mol. The molecule has 0 amide bonds. The molecule has 0 saturated carbocycles. The number of aryl methyl sites for hydroxylation is 1. The molecule has 1 aromatic carbocycles. The lowest BCUT2D eigenvalue weighted by atomic mass is 10.1. The zero-order valence-corrected chi connectivity index (χ0v) is 12.0. The van der Waals surface area contributed by atoms with Gasteiger partial charge in [0.25, 0.3) is 0 Å². The Balaban J connectivity index is 2.30. The lowest BCUT2D eigenvalue weighted by molar-refractivity contribution is 0.384. The van der Waals surface area contributed by atoms with Gasteiger partial charge in [-0.15, -0.1) is 0 Å². The highest BCUT2D eigenvalue weighted by atomic mass is 32.2. The maximum atomic E-state index is 11.5. The second-order valence-corrected chi connectivity index (χ2v) is 6.05. The summed E-state index contributed by atoms with van der Waals surface area (Å²) in [6.07, 6.45) is 0. The lowest BCUT2D eigenvalue weighted by Crippen LogP contribution is -2.15.